The predicted octanol–water partition coefficient (Wildman–Crippen LogP) is 1.97. The zero-order valence-electron chi connectivity index (χ0n) is 10.3. The first-order chi connectivity index (χ1) is 8.97. The van der Waals surface area contributed by atoms with Gasteiger partial charge < -0.3 is 15.7 Å². The van der Waals surface area contributed by atoms with E-state index in [9.17, 15) is 9.59 Å². The zero-order chi connectivity index (χ0) is 14.0. The van der Waals surface area contributed by atoms with Crippen LogP contribution in [0.2, 0.25) is 0 Å². The molecule has 0 spiro atoms. The van der Waals surface area contributed by atoms with Crippen molar-refractivity contribution in [2.24, 2.45) is 5.92 Å². The third-order valence-electron chi connectivity index (χ3n) is 3.28. The predicted molar refractivity (Wildman–Crippen MR) is 74.8 cm³/mol. The van der Waals surface area contributed by atoms with Crippen molar-refractivity contribution in [1.29, 1.82) is 0 Å². The number of anilines is 1. The third-order valence-corrected chi connectivity index (χ3v) is 3.97. The Hall–Kier alpha value is -1.56. The van der Waals surface area contributed by atoms with E-state index in [1.54, 1.807) is 23.1 Å². The fourth-order valence-corrected chi connectivity index (χ4v) is 2.65. The van der Waals surface area contributed by atoms with E-state index in [-0.39, 0.29) is 18.2 Å². The van der Waals surface area contributed by atoms with Gasteiger partial charge in [-0.1, -0.05) is 0 Å². The molecule has 1 aliphatic heterocycles. The molecule has 0 aromatic heterocycles. The Morgan fingerprint density at radius 1 is 1.47 bits per heavy atom. The van der Waals surface area contributed by atoms with Gasteiger partial charge in [-0.2, -0.15) is 0 Å². The van der Waals surface area contributed by atoms with Gasteiger partial charge in [0, 0.05) is 35.2 Å². The molecule has 5 nitrogen and oxygen atoms in total. The maximum Gasteiger partial charge on any atom is 0.303 e. The van der Waals surface area contributed by atoms with Gasteiger partial charge in [-0.15, -0.1) is 0 Å². The Bertz CT molecular complexity index is 519. The summed E-state index contributed by atoms with van der Waals surface area (Å²) >= 11 is 3.29. The summed E-state index contributed by atoms with van der Waals surface area (Å²) in [4.78, 5) is 24.6. The third kappa shape index (κ3) is 3.26. The minimum atomic E-state index is -0.811. The highest BCUT2D eigenvalue weighted by atomic mass is 79.9. The second-order valence-electron chi connectivity index (χ2n) is 4.74. The Balaban J connectivity index is 2.04. The number of nitrogens with zero attached hydrogens (tertiary/aromatic N) is 1. The molecule has 1 saturated heterocycles. The van der Waals surface area contributed by atoms with Gasteiger partial charge in [-0.25, -0.2) is 0 Å². The molecular formula is C13H15BrN2O3. The fourth-order valence-electron chi connectivity index (χ4n) is 2.27. The molecule has 1 atom stereocenters. The first kappa shape index (κ1) is 13.9. The van der Waals surface area contributed by atoms with E-state index in [0.717, 1.165) is 6.42 Å². The van der Waals surface area contributed by atoms with Crippen LogP contribution in [0.15, 0.2) is 22.7 Å². The van der Waals surface area contributed by atoms with Crippen LogP contribution in [0.5, 0.6) is 0 Å². The lowest BCUT2D eigenvalue weighted by Crippen LogP contribution is -2.29. The van der Waals surface area contributed by atoms with Crippen molar-refractivity contribution < 1.29 is 14.7 Å². The SMILES string of the molecule is Nc1ccc(C(=O)N2CCC(CC(=O)O)C2)cc1Br. The molecule has 2 rings (SSSR count). The standard InChI is InChI=1S/C13H15BrN2O3/c14-10-6-9(1-2-11(10)15)13(19)16-4-3-8(7-16)5-12(17)18/h1-2,6,8H,3-5,7,15H2,(H,17,18). The van der Waals surface area contributed by atoms with Crippen LogP contribution >= 0.6 is 15.9 Å². The number of amides is 1. The summed E-state index contributed by atoms with van der Waals surface area (Å²) in [5.74, 6) is -0.832. The summed E-state index contributed by atoms with van der Waals surface area (Å²) in [6, 6.07) is 5.07. The summed E-state index contributed by atoms with van der Waals surface area (Å²) in [5.41, 5.74) is 6.83. The molecule has 1 unspecified atom stereocenters. The Kier molecular flexibility index (Phi) is 4.09. The molecule has 0 bridgehead atoms. The molecule has 19 heavy (non-hydrogen) atoms. The Morgan fingerprint density at radius 3 is 2.84 bits per heavy atom. The maximum absolute atomic E-state index is 12.3. The Labute approximate surface area is 119 Å². The quantitative estimate of drug-likeness (QED) is 0.832. The molecule has 6 heteroatoms. The molecule has 0 aliphatic carbocycles. The Morgan fingerprint density at radius 2 is 2.21 bits per heavy atom. The summed E-state index contributed by atoms with van der Waals surface area (Å²) < 4.78 is 0.694. The number of hydrogen-bond donors (Lipinski definition) is 2. The number of carbonyl (C=O) groups is 2. The highest BCUT2D eigenvalue weighted by Crippen LogP contribution is 2.24. The molecule has 1 fully saturated rings. The number of carboxylic acid groups (broad SMARTS) is 1. The van der Waals surface area contributed by atoms with Crippen LogP contribution in [0.3, 0.4) is 0 Å². The van der Waals surface area contributed by atoms with Gasteiger partial charge in [0.15, 0.2) is 0 Å². The zero-order valence-corrected chi connectivity index (χ0v) is 11.9. The van der Waals surface area contributed by atoms with Crippen LogP contribution < -0.4 is 5.73 Å². The van der Waals surface area contributed by atoms with Crippen molar-refractivity contribution in [1.82, 2.24) is 4.90 Å². The molecular weight excluding hydrogens is 312 g/mol. The number of rotatable bonds is 3. The van der Waals surface area contributed by atoms with Gasteiger partial charge in [0.1, 0.15) is 0 Å². The first-order valence-electron chi connectivity index (χ1n) is 6.03. The summed E-state index contributed by atoms with van der Waals surface area (Å²) in [6.07, 6.45) is 0.864. The summed E-state index contributed by atoms with van der Waals surface area (Å²) in [7, 11) is 0. The van der Waals surface area contributed by atoms with Gasteiger partial charge in [0.05, 0.1) is 0 Å². The van der Waals surface area contributed by atoms with Crippen LogP contribution in [0, 0.1) is 5.92 Å². The van der Waals surface area contributed by atoms with E-state index in [4.69, 9.17) is 10.8 Å². The topological polar surface area (TPSA) is 83.6 Å². The van der Waals surface area contributed by atoms with Crippen molar-refractivity contribution in [3.63, 3.8) is 0 Å². The molecule has 3 N–H and O–H groups in total. The van der Waals surface area contributed by atoms with Crippen molar-refractivity contribution in [2.75, 3.05) is 18.8 Å². The number of aliphatic carboxylic acids is 1. The molecule has 0 saturated carbocycles. The van der Waals surface area contributed by atoms with Gasteiger partial charge in [0.25, 0.3) is 5.91 Å². The molecule has 0 radical (unpaired) electrons. The number of benzene rings is 1. The van der Waals surface area contributed by atoms with Crippen molar-refractivity contribution >= 4 is 33.5 Å². The number of nitrogens with two attached hydrogens (primary N) is 1. The fraction of sp³-hybridized carbons (Fsp3) is 0.385. The number of carboxylic acids is 1. The molecule has 1 amide bonds. The van der Waals surface area contributed by atoms with Crippen molar-refractivity contribution in [3.8, 4) is 0 Å². The van der Waals surface area contributed by atoms with E-state index >= 15 is 0 Å². The minimum absolute atomic E-state index is 0.0543. The number of hydrogen-bond acceptors (Lipinski definition) is 3. The van der Waals surface area contributed by atoms with E-state index in [1.165, 1.54) is 0 Å². The number of halogens is 1. The van der Waals surface area contributed by atoms with Crippen LogP contribution in [-0.4, -0.2) is 35.0 Å². The molecule has 1 aromatic carbocycles. The number of likely N-dealkylation sites (tertiary alicyclic amines) is 1. The van der Waals surface area contributed by atoms with E-state index in [2.05, 4.69) is 15.9 Å². The lowest BCUT2D eigenvalue weighted by atomic mass is 10.1. The monoisotopic (exact) mass is 326 g/mol. The van der Waals surface area contributed by atoms with Crippen LogP contribution in [0.4, 0.5) is 5.69 Å². The largest absolute Gasteiger partial charge is 0.481 e. The van der Waals surface area contributed by atoms with Gasteiger partial charge in [0.2, 0.25) is 0 Å². The normalized spacial score (nSPS) is 18.6. The average Bonchev–Trinajstić information content (AvgIpc) is 2.79. The van der Waals surface area contributed by atoms with E-state index in [1.807, 2.05) is 0 Å². The van der Waals surface area contributed by atoms with Crippen molar-refractivity contribution in [3.05, 3.63) is 28.2 Å². The first-order valence-corrected chi connectivity index (χ1v) is 6.82. The van der Waals surface area contributed by atoms with E-state index in [0.29, 0.717) is 28.8 Å². The maximum atomic E-state index is 12.3. The minimum Gasteiger partial charge on any atom is -0.481 e. The molecule has 1 heterocycles. The van der Waals surface area contributed by atoms with Crippen molar-refractivity contribution in [2.45, 2.75) is 12.8 Å². The van der Waals surface area contributed by atoms with Crippen LogP contribution in [-0.2, 0) is 4.79 Å². The highest BCUT2D eigenvalue weighted by molar-refractivity contribution is 9.10. The van der Waals surface area contributed by atoms with Crippen LogP contribution in [0.25, 0.3) is 0 Å². The lowest BCUT2D eigenvalue weighted by Gasteiger charge is -2.16. The summed E-state index contributed by atoms with van der Waals surface area (Å²) in [5, 5.41) is 8.76. The van der Waals surface area contributed by atoms with Crippen LogP contribution in [0.1, 0.15) is 23.2 Å². The second kappa shape index (κ2) is 5.61. The average molecular weight is 327 g/mol. The smallest absolute Gasteiger partial charge is 0.303 e. The second-order valence-corrected chi connectivity index (χ2v) is 5.59. The van der Waals surface area contributed by atoms with Gasteiger partial charge in [-0.05, 0) is 46.5 Å². The molecule has 1 aromatic rings. The van der Waals surface area contributed by atoms with Gasteiger partial charge >= 0.3 is 5.97 Å². The summed E-state index contributed by atoms with van der Waals surface area (Å²) in [6.45, 7) is 1.12. The van der Waals surface area contributed by atoms with Gasteiger partial charge in [-0.3, -0.25) is 9.59 Å². The lowest BCUT2D eigenvalue weighted by molar-refractivity contribution is -0.138. The molecule has 1 aliphatic rings. The van der Waals surface area contributed by atoms with E-state index < -0.39 is 5.97 Å². The molecule has 102 valence electrons. The number of carbonyl (C=O) groups excluding carboxylic acids is 1. The highest BCUT2D eigenvalue weighted by Gasteiger charge is 2.28. The number of nitrogen functional groups attached to an aromatic ring is 1.